The van der Waals surface area contributed by atoms with E-state index >= 15 is 0 Å². The lowest BCUT2D eigenvalue weighted by Gasteiger charge is -1.96. The van der Waals surface area contributed by atoms with E-state index in [1.807, 2.05) is 24.3 Å². The maximum atomic E-state index is 12.1. The fourth-order valence-corrected chi connectivity index (χ4v) is 3.41. The molecule has 6 nitrogen and oxygen atoms in total. The number of carbonyl (C=O) groups is 1. The van der Waals surface area contributed by atoms with Crippen LogP contribution in [0.15, 0.2) is 58.1 Å². The molecule has 0 saturated carbocycles. The Morgan fingerprint density at radius 3 is 2.83 bits per heavy atom. The molecule has 3 rings (SSSR count). The quantitative estimate of drug-likeness (QED) is 0.399. The zero-order valence-corrected chi connectivity index (χ0v) is 14.5. The van der Waals surface area contributed by atoms with E-state index in [0.29, 0.717) is 10.3 Å². The molecule has 120 valence electrons. The first-order chi connectivity index (χ1) is 11.5. The number of halogens is 1. The van der Waals surface area contributed by atoms with Crippen LogP contribution in [0.1, 0.15) is 15.2 Å². The number of nitrogens with zero attached hydrogens (tertiary/aromatic N) is 2. The molecule has 0 aliphatic carbocycles. The zero-order chi connectivity index (χ0) is 17.1. The van der Waals surface area contributed by atoms with Crippen molar-refractivity contribution < 1.29 is 9.72 Å². The van der Waals surface area contributed by atoms with Crippen LogP contribution in [0.2, 0.25) is 0 Å². The molecule has 24 heavy (non-hydrogen) atoms. The Bertz CT molecular complexity index is 968. The van der Waals surface area contributed by atoms with Crippen LogP contribution < -0.4 is 5.43 Å². The summed E-state index contributed by atoms with van der Waals surface area (Å²) >= 11 is 4.62. The SMILES string of the molecule is O=C(N/N=C\c1cccc(Br)c1)c1cc2cc([N+](=O)[O-])ccc2s1. The van der Waals surface area contributed by atoms with Gasteiger partial charge in [-0.3, -0.25) is 14.9 Å². The van der Waals surface area contributed by atoms with Gasteiger partial charge in [-0.2, -0.15) is 5.10 Å². The second kappa shape index (κ2) is 6.90. The molecule has 8 heteroatoms. The fourth-order valence-electron chi connectivity index (χ4n) is 2.06. The van der Waals surface area contributed by atoms with E-state index in [1.165, 1.54) is 23.5 Å². The van der Waals surface area contributed by atoms with Gasteiger partial charge in [0.05, 0.1) is 16.0 Å². The van der Waals surface area contributed by atoms with Crippen molar-refractivity contribution in [3.63, 3.8) is 0 Å². The molecule has 0 aliphatic rings. The van der Waals surface area contributed by atoms with Gasteiger partial charge in [-0.15, -0.1) is 11.3 Å². The molecule has 0 unspecified atom stereocenters. The topological polar surface area (TPSA) is 84.6 Å². The van der Waals surface area contributed by atoms with Gasteiger partial charge in [0.2, 0.25) is 0 Å². The van der Waals surface area contributed by atoms with Gasteiger partial charge in [0.1, 0.15) is 0 Å². The number of hydrogen-bond donors (Lipinski definition) is 1. The van der Waals surface area contributed by atoms with Crippen molar-refractivity contribution in [1.29, 1.82) is 0 Å². The van der Waals surface area contributed by atoms with E-state index in [-0.39, 0.29) is 11.6 Å². The number of thiophene rings is 1. The first kappa shape index (κ1) is 16.3. The highest BCUT2D eigenvalue weighted by atomic mass is 79.9. The Labute approximate surface area is 149 Å². The van der Waals surface area contributed by atoms with E-state index in [4.69, 9.17) is 0 Å². The van der Waals surface area contributed by atoms with Crippen LogP contribution in [0.25, 0.3) is 10.1 Å². The molecule has 0 radical (unpaired) electrons. The normalized spacial score (nSPS) is 11.0. The molecule has 0 saturated heterocycles. The molecule has 1 N–H and O–H groups in total. The number of hydrogen-bond acceptors (Lipinski definition) is 5. The molecule has 1 aromatic heterocycles. The predicted molar refractivity (Wildman–Crippen MR) is 97.7 cm³/mol. The number of hydrazone groups is 1. The van der Waals surface area contributed by atoms with E-state index in [9.17, 15) is 14.9 Å². The van der Waals surface area contributed by atoms with Crippen molar-refractivity contribution in [2.45, 2.75) is 0 Å². The van der Waals surface area contributed by atoms with Crippen LogP contribution in [-0.4, -0.2) is 17.0 Å². The summed E-state index contributed by atoms with van der Waals surface area (Å²) < 4.78 is 1.73. The van der Waals surface area contributed by atoms with Crippen LogP contribution in [0.3, 0.4) is 0 Å². The van der Waals surface area contributed by atoms with Crippen LogP contribution in [0, 0.1) is 10.1 Å². The highest BCUT2D eigenvalue weighted by Crippen LogP contribution is 2.28. The van der Waals surface area contributed by atoms with Crippen molar-refractivity contribution in [3.05, 3.63) is 73.6 Å². The van der Waals surface area contributed by atoms with Gasteiger partial charge in [0, 0.05) is 26.7 Å². The van der Waals surface area contributed by atoms with Gasteiger partial charge in [0.25, 0.3) is 11.6 Å². The summed E-state index contributed by atoms with van der Waals surface area (Å²) in [6.07, 6.45) is 1.54. The smallest absolute Gasteiger partial charge is 0.266 e. The van der Waals surface area contributed by atoms with E-state index < -0.39 is 4.92 Å². The Morgan fingerprint density at radius 1 is 1.25 bits per heavy atom. The number of nitro benzene ring substituents is 1. The molecule has 0 bridgehead atoms. The Morgan fingerprint density at radius 2 is 2.08 bits per heavy atom. The van der Waals surface area contributed by atoms with Crippen LogP contribution in [-0.2, 0) is 0 Å². The minimum absolute atomic E-state index is 0.0000616. The number of amides is 1. The Kier molecular flexibility index (Phi) is 4.68. The summed E-state index contributed by atoms with van der Waals surface area (Å²) in [6, 6.07) is 13.6. The highest BCUT2D eigenvalue weighted by molar-refractivity contribution is 9.10. The highest BCUT2D eigenvalue weighted by Gasteiger charge is 2.12. The Hall–Kier alpha value is -2.58. The van der Waals surface area contributed by atoms with Crippen LogP contribution in [0.4, 0.5) is 5.69 Å². The summed E-state index contributed by atoms with van der Waals surface area (Å²) in [5.74, 6) is -0.356. The van der Waals surface area contributed by atoms with E-state index in [1.54, 1.807) is 18.3 Å². The third-order valence-corrected chi connectivity index (χ3v) is 4.77. The zero-order valence-electron chi connectivity index (χ0n) is 12.1. The first-order valence-corrected chi connectivity index (χ1v) is 8.41. The minimum Gasteiger partial charge on any atom is -0.266 e. The number of non-ortho nitro benzene ring substituents is 1. The van der Waals surface area contributed by atoms with Crippen molar-refractivity contribution >= 4 is 55.2 Å². The Balaban J connectivity index is 1.75. The van der Waals surface area contributed by atoms with Gasteiger partial charge in [-0.1, -0.05) is 28.1 Å². The molecule has 0 atom stereocenters. The molecular formula is C16H10BrN3O3S. The minimum atomic E-state index is -0.459. The summed E-state index contributed by atoms with van der Waals surface area (Å²) in [7, 11) is 0. The van der Waals surface area contributed by atoms with Crippen molar-refractivity contribution in [2.24, 2.45) is 5.10 Å². The van der Waals surface area contributed by atoms with Gasteiger partial charge < -0.3 is 0 Å². The standard InChI is InChI=1S/C16H10BrN3O3S/c17-12-3-1-2-10(6-12)9-18-19-16(21)15-8-11-7-13(20(22)23)4-5-14(11)24-15/h1-9H,(H,19,21)/b18-9-. The lowest BCUT2D eigenvalue weighted by atomic mass is 10.2. The largest absolute Gasteiger partial charge is 0.281 e. The van der Waals surface area contributed by atoms with E-state index in [2.05, 4.69) is 26.5 Å². The first-order valence-electron chi connectivity index (χ1n) is 6.80. The summed E-state index contributed by atoms with van der Waals surface area (Å²) in [5.41, 5.74) is 3.30. The lowest BCUT2D eigenvalue weighted by Crippen LogP contribution is -2.16. The molecule has 0 aliphatic heterocycles. The third kappa shape index (κ3) is 3.66. The molecule has 0 fully saturated rings. The van der Waals surface area contributed by atoms with Gasteiger partial charge in [-0.25, -0.2) is 5.43 Å². The fraction of sp³-hybridized carbons (Fsp3) is 0. The number of fused-ring (bicyclic) bond motifs is 1. The molecule has 2 aromatic carbocycles. The summed E-state index contributed by atoms with van der Waals surface area (Å²) in [4.78, 5) is 22.9. The third-order valence-electron chi connectivity index (χ3n) is 3.16. The number of nitro groups is 1. The second-order valence-electron chi connectivity index (χ2n) is 4.84. The van der Waals surface area contributed by atoms with Crippen LogP contribution in [0.5, 0.6) is 0 Å². The monoisotopic (exact) mass is 403 g/mol. The number of carbonyl (C=O) groups excluding carboxylic acids is 1. The number of rotatable bonds is 4. The van der Waals surface area contributed by atoms with E-state index in [0.717, 1.165) is 14.7 Å². The molecule has 1 amide bonds. The van der Waals surface area contributed by atoms with Crippen molar-refractivity contribution in [3.8, 4) is 0 Å². The average Bonchev–Trinajstić information content (AvgIpc) is 2.98. The maximum Gasteiger partial charge on any atom is 0.281 e. The van der Waals surface area contributed by atoms with Crippen molar-refractivity contribution in [1.82, 2.24) is 5.43 Å². The summed E-state index contributed by atoms with van der Waals surface area (Å²) in [6.45, 7) is 0. The average molecular weight is 404 g/mol. The lowest BCUT2D eigenvalue weighted by molar-refractivity contribution is -0.384. The molecule has 3 aromatic rings. The number of benzene rings is 2. The van der Waals surface area contributed by atoms with Gasteiger partial charge in [0.15, 0.2) is 0 Å². The molecule has 0 spiro atoms. The molecule has 1 heterocycles. The van der Waals surface area contributed by atoms with Gasteiger partial charge >= 0.3 is 0 Å². The van der Waals surface area contributed by atoms with Gasteiger partial charge in [-0.05, 0) is 29.8 Å². The maximum absolute atomic E-state index is 12.1. The molecular weight excluding hydrogens is 394 g/mol. The number of nitrogens with one attached hydrogen (secondary N) is 1. The van der Waals surface area contributed by atoms with Crippen molar-refractivity contribution in [2.75, 3.05) is 0 Å². The predicted octanol–water partition coefficient (Wildman–Crippen LogP) is 4.34. The second-order valence-corrected chi connectivity index (χ2v) is 6.84. The van der Waals surface area contributed by atoms with Crippen LogP contribution >= 0.6 is 27.3 Å². The summed E-state index contributed by atoms with van der Waals surface area (Å²) in [5, 5.41) is 15.4.